The number of hydrogen-bond acceptors (Lipinski definition) is 19. The fraction of sp³-hybridized carbons (Fsp3) is 0.500. The maximum Gasteiger partial charge on any atom is 0.409 e. The van der Waals surface area contributed by atoms with Crippen LogP contribution in [0.5, 0.6) is 5.75 Å². The number of carbonyl (C=O) groups is 12. The highest BCUT2D eigenvalue weighted by atomic mass is 35.5. The lowest BCUT2D eigenvalue weighted by Crippen LogP contribution is -2.63. The number of fused-ring (bicyclic) bond motifs is 5. The Morgan fingerprint density at radius 1 is 0.883 bits per heavy atom. The second kappa shape index (κ2) is 38.1. The maximum atomic E-state index is 14.3. The average Bonchev–Trinajstić information content (AvgIpc) is 1.58. The summed E-state index contributed by atoms with van der Waals surface area (Å²) in [5.74, 6) is -1.88. The van der Waals surface area contributed by atoms with Crippen molar-refractivity contribution in [3.05, 3.63) is 116 Å². The number of hydrogen-bond donors (Lipinski definition) is 4. The van der Waals surface area contributed by atoms with Gasteiger partial charge in [-0.15, -0.1) is 11.6 Å². The molecule has 26 heteroatoms. The maximum absolute atomic E-state index is 14.3. The molecule has 0 saturated carbocycles. The number of Topliss-reactive ketones (excluding diaryl/α,β-unsaturated/α-hetero) is 2. The van der Waals surface area contributed by atoms with E-state index >= 15 is 0 Å². The zero-order chi connectivity index (χ0) is 70.6. The number of carbonyl (C=O) groups excluding carboxylic acids is 12. The number of ketones is 2. The van der Waals surface area contributed by atoms with Crippen molar-refractivity contribution in [2.24, 2.45) is 5.92 Å². The van der Waals surface area contributed by atoms with Crippen LogP contribution in [0.1, 0.15) is 152 Å². The van der Waals surface area contributed by atoms with Gasteiger partial charge in [0.25, 0.3) is 0 Å². The molecule has 2 saturated heterocycles. The second-order valence-electron chi connectivity index (χ2n) is 23.2. The molecule has 0 radical (unpaired) electrons. The van der Waals surface area contributed by atoms with E-state index < -0.39 is 65.7 Å². The number of allylic oxidation sites excluding steroid dienone is 3. The number of anilines is 1. The lowest BCUT2D eigenvalue weighted by molar-refractivity contribution is -0.162. The number of thioether (sulfide) groups is 1. The quantitative estimate of drug-likeness (QED) is 0.0168. The Morgan fingerprint density at radius 2 is 1.46 bits per heavy atom. The zero-order valence-electron chi connectivity index (χ0n) is 55.6. The first kappa shape index (κ1) is 77.1. The number of nitrogens with one attached hydrogen (secondary N) is 3. The normalized spacial score (nSPS) is 22.0. The van der Waals surface area contributed by atoms with E-state index in [0.29, 0.717) is 105 Å². The van der Waals surface area contributed by atoms with Gasteiger partial charge in [-0.05, 0) is 93.8 Å². The van der Waals surface area contributed by atoms with Crippen molar-refractivity contribution >= 4 is 113 Å². The van der Waals surface area contributed by atoms with Crippen molar-refractivity contribution in [2.75, 3.05) is 63.7 Å². The summed E-state index contributed by atoms with van der Waals surface area (Å²) in [6.07, 6.45) is 5.83. The number of benzene rings is 3. The molecule has 3 heterocycles. The van der Waals surface area contributed by atoms with E-state index in [2.05, 4.69) is 16.0 Å². The van der Waals surface area contributed by atoms with Crippen molar-refractivity contribution < 1.29 is 87.7 Å². The third-order valence-corrected chi connectivity index (χ3v) is 18.1. The van der Waals surface area contributed by atoms with Crippen LogP contribution < -0.4 is 25.6 Å². The summed E-state index contributed by atoms with van der Waals surface area (Å²) in [6.45, 7) is 7.60. The predicted octanol–water partition coefficient (Wildman–Crippen LogP) is 7.95. The van der Waals surface area contributed by atoms with Gasteiger partial charge < -0.3 is 49.2 Å². The summed E-state index contributed by atoms with van der Waals surface area (Å²) < 4.78 is 35.1. The van der Waals surface area contributed by atoms with Crippen molar-refractivity contribution in [3.63, 3.8) is 0 Å². The number of likely N-dealkylation sites (N-methyl/N-ethyl adjacent to an activating group) is 1. The summed E-state index contributed by atoms with van der Waals surface area (Å²) in [5, 5.41) is 20.0. The number of aliphatic hydroxyl groups is 1. The van der Waals surface area contributed by atoms with E-state index in [0.717, 1.165) is 22.3 Å². The molecule has 8 atom stereocenters. The first-order valence-electron chi connectivity index (χ1n) is 31.4. The van der Waals surface area contributed by atoms with Gasteiger partial charge in [0.2, 0.25) is 23.6 Å². The van der Waals surface area contributed by atoms with Crippen LogP contribution in [0.25, 0.3) is 0 Å². The molecule has 0 aliphatic carbocycles. The summed E-state index contributed by atoms with van der Waals surface area (Å²) in [6, 6.07) is 12.2. The van der Waals surface area contributed by atoms with Crippen molar-refractivity contribution in [1.29, 1.82) is 0 Å². The van der Waals surface area contributed by atoms with Gasteiger partial charge >= 0.3 is 12.1 Å². The third kappa shape index (κ3) is 22.8. The standard InChI is InChI=1S/C51H65ClN4O14S.C16H18ClNO4.CH4/c1-30-11-9-13-41(67-8)51(65)26-40(68-49(64)54-51)31(2)47-50(4,70-47)42(25-45(62)56(6)38-23-34(21-30)24-39(66-7)46(38)52)69-48(63)32(3)55(5)44(61)18-20-71-29-37(59)12-10-19-53-43(60)17-15-33-14-16-35(27-57)36(22-33)28-58;17-9-15(21)2-1-7-18-16(22)6-4-12-3-5-13(10-19)14(8-12)11-20;/h9,11,13-14,16,22-24,27-28,31-32,40-42,47,65H,10,12,15,17-21,25-26,29H2,1-8H3,(H,53,60)(H,54,64);3,5,8,10-11H,1-2,4,6-7,9H2,(H,18,22);1H4/b13-9-,30-11+;;/t31-,32+,40+,41-,42-,47?,50+,51+;;/m1../s1/i;;1D. The third-order valence-electron chi connectivity index (χ3n) is 16.4. The molecule has 0 spiro atoms. The summed E-state index contributed by atoms with van der Waals surface area (Å²) >= 11 is 13.4. The Labute approximate surface area is 564 Å². The molecule has 4 N–H and O–H groups in total. The number of nitrogens with zero attached hydrogens (tertiary/aromatic N) is 2. The first-order valence-corrected chi connectivity index (χ1v) is 32.5. The molecule has 3 aromatic carbocycles. The molecule has 94 heavy (non-hydrogen) atoms. The number of methoxy groups -OCH3 is 2. The van der Waals surface area contributed by atoms with E-state index in [9.17, 15) is 62.6 Å². The summed E-state index contributed by atoms with van der Waals surface area (Å²) in [5.41, 5.74) is 1.64. The number of halogens is 2. The van der Waals surface area contributed by atoms with Gasteiger partial charge in [-0.2, -0.15) is 11.8 Å². The molecular weight excluding hydrogens is 1280 g/mol. The Morgan fingerprint density at radius 3 is 2.00 bits per heavy atom. The topological polar surface area (TPSA) is 317 Å². The number of aryl methyl sites for hydroxylation is 2. The largest absolute Gasteiger partial charge is 0.495 e. The number of rotatable bonds is 29. The Balaban J connectivity index is 0.000000674. The van der Waals surface area contributed by atoms with Crippen LogP contribution in [-0.4, -0.2) is 183 Å². The minimum absolute atomic E-state index is 0.00377. The Kier molecular flexibility index (Phi) is 31.2. The van der Waals surface area contributed by atoms with E-state index in [1.807, 2.05) is 13.0 Å². The molecule has 6 rings (SSSR count). The molecule has 23 nitrogen and oxygen atoms in total. The predicted molar refractivity (Wildman–Crippen MR) is 356 cm³/mol. The molecule has 0 aromatic heterocycles. The lowest BCUT2D eigenvalue weighted by Gasteiger charge is -2.42. The van der Waals surface area contributed by atoms with Crippen LogP contribution in [0.3, 0.4) is 0 Å². The average molecular weight is 1370 g/mol. The van der Waals surface area contributed by atoms with Gasteiger partial charge in [0, 0.05) is 108 Å². The van der Waals surface area contributed by atoms with Gasteiger partial charge in [-0.3, -0.25) is 53.3 Å². The lowest BCUT2D eigenvalue weighted by atomic mass is 9.83. The molecule has 3 aromatic rings. The monoisotopic (exact) mass is 1360 g/mol. The SMILES string of the molecule is COc1cc2cc(c1Cl)N(C)C(=O)C[C@@H](OC(=O)[C@H](C)N(C)C(=O)CCSCC(=O)CCCNC(=O)CCc1ccc(C=O)c(C=O)c1)[C@]1(C)OC1[C@H](C)[C@@H]1C[C@@](O)(NC(=O)O1)[C@H](OC)/C=C\C=C(/C)C2.O=Cc1ccc(CCC(=O)NCCCC(=O)CCl)cc1C=O.[2H]C. The number of alkyl halides is 1. The number of alkyl carbamates (subject to hydrolysis) is 1. The van der Waals surface area contributed by atoms with Gasteiger partial charge in [0.15, 0.2) is 30.9 Å². The zero-order valence-corrected chi connectivity index (χ0v) is 56.9. The Bertz CT molecular complexity index is 3300. The number of aldehydes is 4. The van der Waals surface area contributed by atoms with Crippen molar-refractivity contribution in [1.82, 2.24) is 20.9 Å². The van der Waals surface area contributed by atoms with Gasteiger partial charge in [-0.1, -0.05) is 74.0 Å². The van der Waals surface area contributed by atoms with E-state index in [4.69, 9.17) is 48.3 Å². The van der Waals surface area contributed by atoms with Gasteiger partial charge in [0.1, 0.15) is 52.3 Å². The van der Waals surface area contributed by atoms with Crippen LogP contribution in [-0.2, 0) is 71.8 Å². The second-order valence-corrected chi connectivity index (χ2v) is 25.0. The number of ether oxygens (including phenoxy) is 5. The highest BCUT2D eigenvalue weighted by Gasteiger charge is 2.64. The van der Waals surface area contributed by atoms with Crippen LogP contribution in [0, 0.1) is 5.92 Å². The first-order chi connectivity index (χ1) is 45.3. The minimum Gasteiger partial charge on any atom is -0.495 e. The van der Waals surface area contributed by atoms with E-state index in [1.165, 1.54) is 57.2 Å². The summed E-state index contributed by atoms with van der Waals surface area (Å²) in [4.78, 5) is 149. The summed E-state index contributed by atoms with van der Waals surface area (Å²) in [7, 11) is 7.14. The van der Waals surface area contributed by atoms with Crippen LogP contribution in [0.2, 0.25) is 5.02 Å². The van der Waals surface area contributed by atoms with Crippen molar-refractivity contribution in [2.45, 2.75) is 154 Å². The Hall–Kier alpha value is -7.61. The van der Waals surface area contributed by atoms with E-state index in [1.54, 1.807) is 81.6 Å². The van der Waals surface area contributed by atoms with Gasteiger partial charge in [-0.25, -0.2) is 9.59 Å². The molecule has 5 amide bonds. The van der Waals surface area contributed by atoms with E-state index in [-0.39, 0.29) is 95.6 Å². The number of epoxide rings is 1. The van der Waals surface area contributed by atoms with Crippen LogP contribution in [0.4, 0.5) is 10.5 Å². The smallest absolute Gasteiger partial charge is 0.409 e. The molecule has 2 fully saturated rings. The molecule has 4 bridgehead atoms. The molecule has 3 aliphatic rings. The molecule has 512 valence electrons. The number of amides is 5. The van der Waals surface area contributed by atoms with Gasteiger partial charge in [0.05, 0.1) is 37.0 Å². The minimum atomic E-state index is -1.87. The van der Waals surface area contributed by atoms with Crippen LogP contribution >= 0.6 is 35.0 Å². The molecular formula is C68H87Cl2N5O18S. The fourth-order valence-corrected chi connectivity index (χ4v) is 11.9. The van der Waals surface area contributed by atoms with Crippen LogP contribution in [0.15, 0.2) is 72.3 Å². The fourth-order valence-electron chi connectivity index (χ4n) is 10.6. The molecule has 3 aliphatic heterocycles. The number of esters is 1. The highest BCUT2D eigenvalue weighted by molar-refractivity contribution is 7.99. The molecule has 1 unspecified atom stereocenters. The van der Waals surface area contributed by atoms with Crippen molar-refractivity contribution in [3.8, 4) is 5.75 Å². The highest BCUT2D eigenvalue weighted by Crippen LogP contribution is 2.49.